The molecule has 0 amide bonds. The van der Waals surface area contributed by atoms with Gasteiger partial charge in [0.15, 0.2) is 0 Å². The van der Waals surface area contributed by atoms with E-state index in [9.17, 15) is 0 Å². The Labute approximate surface area is 358 Å². The molecule has 324 valence electrons. The average molecular weight is 789 g/mol. The van der Waals surface area contributed by atoms with E-state index in [2.05, 4.69) is 41.5 Å². The number of fused-ring (bicyclic) bond motifs is 5. The maximum atomic E-state index is 2.61. The van der Waals surface area contributed by atoms with Crippen LogP contribution in [0.5, 0.6) is 0 Å². The monoisotopic (exact) mass is 789 g/mol. The number of hydrogen-bond acceptors (Lipinski definition) is 0. The maximum Gasteiger partial charge on any atom is -0.0209 e. The van der Waals surface area contributed by atoms with Gasteiger partial charge in [0.1, 0.15) is 0 Å². The first-order valence-corrected chi connectivity index (χ1v) is 27.8. The molecular weight excluding hydrogens is 697 g/mol. The van der Waals surface area contributed by atoms with Crippen LogP contribution in [0, 0.1) is 126 Å². The molecule has 21 saturated carbocycles. The van der Waals surface area contributed by atoms with Gasteiger partial charge in [-0.2, -0.15) is 0 Å². The molecule has 0 heterocycles. The first-order chi connectivity index (χ1) is 27.8. The van der Waals surface area contributed by atoms with E-state index in [-0.39, 0.29) is 0 Å². The predicted octanol–water partition coefficient (Wildman–Crippen LogP) is 16.5. The molecule has 20 unspecified atom stereocenters. The molecule has 21 aliphatic carbocycles. The maximum absolute atomic E-state index is 2.61. The third-order valence-corrected chi connectivity index (χ3v) is 27.0. The van der Waals surface area contributed by atoms with Crippen LogP contribution in [0.3, 0.4) is 0 Å². The van der Waals surface area contributed by atoms with Gasteiger partial charge in [0.2, 0.25) is 0 Å². The number of rotatable bonds is 3. The van der Waals surface area contributed by atoms with Gasteiger partial charge in [-0.25, -0.2) is 0 Å². The highest BCUT2D eigenvalue weighted by molar-refractivity contribution is 5.26. The van der Waals surface area contributed by atoms with E-state index >= 15 is 0 Å². The first kappa shape index (κ1) is 38.5. The Morgan fingerprint density at radius 2 is 0.931 bits per heavy atom. The zero-order chi connectivity index (χ0) is 39.3. The highest BCUT2D eigenvalue weighted by atomic mass is 14.8. The largest absolute Gasteiger partial charge is 0.0651 e. The van der Waals surface area contributed by atoms with Crippen molar-refractivity contribution in [3.63, 3.8) is 0 Å². The van der Waals surface area contributed by atoms with Crippen LogP contribution < -0.4 is 0 Å². The molecule has 0 saturated heterocycles. The Morgan fingerprint density at radius 3 is 1.59 bits per heavy atom. The van der Waals surface area contributed by atoms with Crippen LogP contribution in [0.1, 0.15) is 234 Å². The molecule has 0 radical (unpaired) electrons. The molecule has 21 rings (SSSR count). The molecule has 21 aliphatic rings. The molecule has 0 aliphatic heterocycles. The fourth-order valence-electron chi connectivity index (χ4n) is 26.0. The second kappa shape index (κ2) is 12.4. The average Bonchev–Trinajstić information content (AvgIpc) is 3.96. The molecule has 0 heteroatoms. The zero-order valence-electron chi connectivity index (χ0n) is 39.3. The molecule has 3 spiro atoms. The number of hydrogen-bond donors (Lipinski definition) is 0. The fraction of sp³-hybridized carbons (Fsp3) is 1.00. The lowest BCUT2D eigenvalue weighted by molar-refractivity contribution is -0.185. The van der Waals surface area contributed by atoms with Crippen molar-refractivity contribution < 1.29 is 0 Å². The van der Waals surface area contributed by atoms with Crippen LogP contribution in [0.4, 0.5) is 0 Å². The predicted molar refractivity (Wildman–Crippen MR) is 241 cm³/mol. The van der Waals surface area contributed by atoms with Crippen molar-refractivity contribution in [2.24, 2.45) is 126 Å². The summed E-state index contributed by atoms with van der Waals surface area (Å²) in [6, 6.07) is 0. The summed E-state index contributed by atoms with van der Waals surface area (Å²) in [6.45, 7) is 15.0. The molecular formula is C58H92. The molecule has 0 aromatic carbocycles. The molecule has 0 aromatic heterocycles. The first-order valence-electron chi connectivity index (χ1n) is 27.8. The summed E-state index contributed by atoms with van der Waals surface area (Å²) in [5.41, 5.74) is 6.81. The summed E-state index contributed by atoms with van der Waals surface area (Å²) < 4.78 is 0. The highest BCUT2D eigenvalue weighted by Gasteiger charge is 2.76. The topological polar surface area (TPSA) is 0 Å². The molecule has 0 aromatic rings. The van der Waals surface area contributed by atoms with Crippen molar-refractivity contribution in [3.05, 3.63) is 0 Å². The summed E-state index contributed by atoms with van der Waals surface area (Å²) >= 11 is 0. The van der Waals surface area contributed by atoms with Crippen molar-refractivity contribution in [2.75, 3.05) is 0 Å². The zero-order valence-corrected chi connectivity index (χ0v) is 39.3. The van der Waals surface area contributed by atoms with Crippen molar-refractivity contribution in [1.29, 1.82) is 0 Å². The lowest BCUT2D eigenvalue weighted by Gasteiger charge is -2.68. The normalized spacial score (nSPS) is 64.7. The van der Waals surface area contributed by atoms with E-state index in [0.29, 0.717) is 0 Å². The van der Waals surface area contributed by atoms with E-state index < -0.39 is 0 Å². The summed E-state index contributed by atoms with van der Waals surface area (Å²) in [6.07, 6.45) is 47.7. The third-order valence-electron chi connectivity index (χ3n) is 27.0. The Balaban J connectivity index is 0.0000000761. The summed E-state index contributed by atoms with van der Waals surface area (Å²) in [4.78, 5) is 0. The molecule has 0 nitrogen and oxygen atoms in total. The quantitative estimate of drug-likeness (QED) is 0.267. The van der Waals surface area contributed by atoms with E-state index in [0.717, 1.165) is 114 Å². The van der Waals surface area contributed by atoms with Crippen molar-refractivity contribution in [3.8, 4) is 0 Å². The van der Waals surface area contributed by atoms with E-state index in [1.807, 2.05) is 0 Å². The van der Waals surface area contributed by atoms with Crippen molar-refractivity contribution in [1.82, 2.24) is 0 Å². The molecule has 58 heavy (non-hydrogen) atoms. The minimum absolute atomic E-state index is 0.768. The smallest absolute Gasteiger partial charge is 0.0209 e. The van der Waals surface area contributed by atoms with Gasteiger partial charge >= 0.3 is 0 Å². The van der Waals surface area contributed by atoms with Crippen molar-refractivity contribution >= 4 is 0 Å². The van der Waals surface area contributed by atoms with Crippen molar-refractivity contribution in [2.45, 2.75) is 234 Å². The SMILES string of the molecule is CC12CC3CC(CC1C3)C2.CC12CC3CC4CC1CC2(C4)C3.CCC12CC3(C)CC4CC1CC2(C4)C3.CCC12CC3CC4CC1CC2(C4)C3.CCC1CC2CCC1C2. The van der Waals surface area contributed by atoms with Crippen LogP contribution in [-0.4, -0.2) is 0 Å². The van der Waals surface area contributed by atoms with Crippen LogP contribution in [0.25, 0.3) is 0 Å². The Kier molecular flexibility index (Phi) is 8.23. The summed E-state index contributed by atoms with van der Waals surface area (Å²) in [5.74, 6) is 16.1. The van der Waals surface area contributed by atoms with Crippen LogP contribution >= 0.6 is 0 Å². The molecule has 21 fully saturated rings. The second-order valence-electron chi connectivity index (χ2n) is 29.3. The third kappa shape index (κ3) is 4.95. The fourth-order valence-corrected chi connectivity index (χ4v) is 26.0. The molecule has 20 atom stereocenters. The Hall–Kier alpha value is 0. The van der Waals surface area contributed by atoms with E-state index in [1.165, 1.54) is 31.1 Å². The highest BCUT2D eigenvalue weighted by Crippen LogP contribution is 2.85. The van der Waals surface area contributed by atoms with Gasteiger partial charge in [-0.1, -0.05) is 54.4 Å². The van der Waals surface area contributed by atoms with Crippen LogP contribution in [-0.2, 0) is 0 Å². The Bertz CT molecular complexity index is 1630. The lowest BCUT2D eigenvalue weighted by Crippen LogP contribution is -2.59. The summed E-state index contributed by atoms with van der Waals surface area (Å²) in [5, 5.41) is 0. The Morgan fingerprint density at radius 1 is 0.379 bits per heavy atom. The minimum Gasteiger partial charge on any atom is -0.0651 e. The van der Waals surface area contributed by atoms with Gasteiger partial charge in [0.25, 0.3) is 0 Å². The molecule has 0 N–H and O–H groups in total. The lowest BCUT2D eigenvalue weighted by atomic mass is 9.37. The van der Waals surface area contributed by atoms with Gasteiger partial charge in [-0.3, -0.25) is 0 Å². The minimum atomic E-state index is 0.768. The van der Waals surface area contributed by atoms with Gasteiger partial charge in [-0.15, -0.1) is 0 Å². The van der Waals surface area contributed by atoms with Gasteiger partial charge in [0.05, 0.1) is 0 Å². The standard InChI is InChI=1S/C14H22.C13H20.C12H18.C10H16.C9H16/c1-3-14-9-12(2)5-10-4-11(14)7-13(14,6-10)8-12;1-2-13-7-10-3-9-4-11(13)8-12(13,5-9)6-10;1-11-4-9-2-8-3-10(11)7-12(11,5-8)6-9;1-10-5-7-2-8(6-10)4-9(10)3-7;1-2-8-5-7-3-4-9(8)6-7/h10-11H,3-9H2,1-2H3;9-11H,2-8H2,1H3;8-10H,2-7H2,1H3;7-9H,2-6H2,1H3;7-9H,2-6H2,1H3. The van der Waals surface area contributed by atoms with Gasteiger partial charge in [-0.05, 0) is 306 Å². The van der Waals surface area contributed by atoms with Gasteiger partial charge in [0, 0.05) is 0 Å². The van der Waals surface area contributed by atoms with Gasteiger partial charge < -0.3 is 0 Å². The van der Waals surface area contributed by atoms with Crippen LogP contribution in [0.15, 0.2) is 0 Å². The van der Waals surface area contributed by atoms with Crippen LogP contribution in [0.2, 0.25) is 0 Å². The van der Waals surface area contributed by atoms with E-state index in [1.54, 1.807) is 173 Å². The van der Waals surface area contributed by atoms with E-state index in [4.69, 9.17) is 0 Å². The molecule has 18 bridgehead atoms. The summed E-state index contributed by atoms with van der Waals surface area (Å²) in [7, 11) is 0. The second-order valence-corrected chi connectivity index (χ2v) is 29.3.